The first-order valence-corrected chi connectivity index (χ1v) is 12.4. The molecule has 1 aliphatic rings. The van der Waals surface area contributed by atoms with E-state index in [1.165, 1.54) is 9.30 Å². The number of amides is 1. The molecule has 36 heavy (non-hydrogen) atoms. The molecule has 186 valence electrons. The van der Waals surface area contributed by atoms with Crippen molar-refractivity contribution in [2.24, 2.45) is 0 Å². The van der Waals surface area contributed by atoms with Crippen LogP contribution in [0.3, 0.4) is 0 Å². The van der Waals surface area contributed by atoms with Crippen LogP contribution in [0.25, 0.3) is 16.7 Å². The van der Waals surface area contributed by atoms with Gasteiger partial charge in [0.25, 0.3) is 17.1 Å². The standard InChI is InChI=1S/C27H30N6O3/c1-19(20-8-3-2-4-9-20)29-26(34)21-18-22-25(30-23-10-5-6-12-32(23)27(22)35)33(24(21)28)13-7-11-31-14-16-36-17-15-31/h2-6,8-10,12,18-19,28H,7,11,13-17H2,1H3,(H,29,34)/p+2/t19-/m1/s1. The first-order valence-electron chi connectivity index (χ1n) is 12.4. The average Bonchev–Trinajstić information content (AvgIpc) is 2.91. The van der Waals surface area contributed by atoms with Crippen molar-refractivity contribution in [3.05, 3.63) is 82.3 Å². The van der Waals surface area contributed by atoms with Gasteiger partial charge >= 0.3 is 0 Å². The van der Waals surface area contributed by atoms with Gasteiger partial charge in [-0.25, -0.2) is 4.57 Å². The zero-order valence-corrected chi connectivity index (χ0v) is 20.4. The zero-order valence-electron chi connectivity index (χ0n) is 20.4. The largest absolute Gasteiger partial charge is 0.370 e. The third-order valence-corrected chi connectivity index (χ3v) is 6.86. The summed E-state index contributed by atoms with van der Waals surface area (Å²) in [6.07, 6.45) is 2.52. The van der Waals surface area contributed by atoms with Gasteiger partial charge in [-0.3, -0.25) is 14.0 Å². The highest BCUT2D eigenvalue weighted by Gasteiger charge is 2.25. The summed E-state index contributed by atoms with van der Waals surface area (Å²) in [5.41, 5.74) is 8.67. The van der Waals surface area contributed by atoms with E-state index in [9.17, 15) is 9.59 Å². The smallest absolute Gasteiger partial charge is 0.278 e. The highest BCUT2D eigenvalue weighted by molar-refractivity contribution is 6.00. The second kappa shape index (κ2) is 10.4. The molecule has 0 spiro atoms. The van der Waals surface area contributed by atoms with Crippen molar-refractivity contribution in [3.8, 4) is 0 Å². The van der Waals surface area contributed by atoms with Gasteiger partial charge in [-0.2, -0.15) is 0 Å². The third kappa shape index (κ3) is 4.80. The minimum atomic E-state index is -0.323. The normalized spacial score (nSPS) is 15.2. The van der Waals surface area contributed by atoms with Crippen molar-refractivity contribution >= 4 is 28.4 Å². The number of nitrogens with zero attached hydrogens (tertiary/aromatic N) is 3. The van der Waals surface area contributed by atoms with E-state index in [-0.39, 0.29) is 23.1 Å². The van der Waals surface area contributed by atoms with Gasteiger partial charge < -0.3 is 20.7 Å². The molecule has 9 heteroatoms. The fourth-order valence-corrected chi connectivity index (χ4v) is 4.81. The van der Waals surface area contributed by atoms with E-state index < -0.39 is 0 Å². The second-order valence-corrected chi connectivity index (χ2v) is 9.25. The Hall–Kier alpha value is -3.82. The van der Waals surface area contributed by atoms with Crippen molar-refractivity contribution in [1.29, 1.82) is 0 Å². The molecule has 9 nitrogen and oxygen atoms in total. The van der Waals surface area contributed by atoms with Gasteiger partial charge in [0, 0.05) is 12.6 Å². The number of quaternary nitrogens is 1. The predicted octanol–water partition coefficient (Wildman–Crippen LogP) is 0.514. The number of nitrogens with two attached hydrogens (primary N) is 1. The first kappa shape index (κ1) is 23.9. The van der Waals surface area contributed by atoms with Crippen molar-refractivity contribution in [1.82, 2.24) is 14.7 Å². The molecular formula is C27H32N6O3+2. The third-order valence-electron chi connectivity index (χ3n) is 6.86. The molecule has 0 radical (unpaired) electrons. The van der Waals surface area contributed by atoms with Crippen molar-refractivity contribution in [2.75, 3.05) is 38.6 Å². The summed E-state index contributed by atoms with van der Waals surface area (Å²) in [6, 6.07) is 16.5. The van der Waals surface area contributed by atoms with E-state index in [4.69, 9.17) is 15.5 Å². The molecule has 5 rings (SSSR count). The summed E-state index contributed by atoms with van der Waals surface area (Å²) in [6.45, 7) is 6.92. The highest BCUT2D eigenvalue weighted by atomic mass is 16.5. The van der Waals surface area contributed by atoms with Crippen LogP contribution in [0.15, 0.2) is 65.6 Å². The molecule has 4 heterocycles. The Labute approximate surface area is 209 Å². The Morgan fingerprint density at radius 3 is 2.72 bits per heavy atom. The molecule has 4 aromatic rings. The van der Waals surface area contributed by atoms with Gasteiger partial charge in [0.2, 0.25) is 11.5 Å². The van der Waals surface area contributed by atoms with Gasteiger partial charge in [-0.05, 0) is 30.7 Å². The maximum absolute atomic E-state index is 13.4. The van der Waals surface area contributed by atoms with E-state index in [2.05, 4.69) is 5.32 Å². The van der Waals surface area contributed by atoms with E-state index in [1.54, 1.807) is 24.4 Å². The summed E-state index contributed by atoms with van der Waals surface area (Å²) in [7, 11) is 0. The fraction of sp³-hybridized carbons (Fsp3) is 0.333. The number of pyridine rings is 2. The molecule has 1 fully saturated rings. The van der Waals surface area contributed by atoms with Crippen LogP contribution in [0.4, 0.5) is 5.82 Å². The molecule has 1 amide bonds. The monoisotopic (exact) mass is 488 g/mol. The number of carbonyl (C=O) groups is 1. The molecule has 4 N–H and O–H groups in total. The van der Waals surface area contributed by atoms with Gasteiger partial charge in [0.05, 0.1) is 32.3 Å². The Kier molecular flexibility index (Phi) is 6.92. The van der Waals surface area contributed by atoms with E-state index >= 15 is 0 Å². The number of nitrogen functional groups attached to an aromatic ring is 1. The predicted molar refractivity (Wildman–Crippen MR) is 137 cm³/mol. The molecule has 0 saturated carbocycles. The number of ether oxygens (including phenoxy) is 1. The van der Waals surface area contributed by atoms with Gasteiger partial charge in [0.1, 0.15) is 24.0 Å². The van der Waals surface area contributed by atoms with Crippen LogP contribution in [0.2, 0.25) is 0 Å². The molecule has 0 unspecified atom stereocenters. The summed E-state index contributed by atoms with van der Waals surface area (Å²) in [4.78, 5) is 33.0. The molecule has 3 aromatic heterocycles. The minimum absolute atomic E-state index is 0.219. The number of nitrogens with one attached hydrogen (secondary N) is 2. The second-order valence-electron chi connectivity index (χ2n) is 9.25. The quantitative estimate of drug-likeness (QED) is 0.260. The number of rotatable bonds is 7. The lowest BCUT2D eigenvalue weighted by Crippen LogP contribution is -3.14. The number of morpholine rings is 1. The van der Waals surface area contributed by atoms with Crippen LogP contribution in [0.1, 0.15) is 35.3 Å². The molecule has 1 aliphatic heterocycles. The summed E-state index contributed by atoms with van der Waals surface area (Å²) in [5.74, 6) is -0.0136. The van der Waals surface area contributed by atoms with Crippen molar-refractivity contribution < 1.29 is 19.0 Å². The lowest BCUT2D eigenvalue weighted by molar-refractivity contribution is -0.910. The maximum Gasteiger partial charge on any atom is 0.278 e. The zero-order chi connectivity index (χ0) is 25.1. The Morgan fingerprint density at radius 2 is 1.94 bits per heavy atom. The van der Waals surface area contributed by atoms with E-state index in [0.29, 0.717) is 29.0 Å². The molecule has 0 bridgehead atoms. The maximum atomic E-state index is 13.4. The van der Waals surface area contributed by atoms with Crippen LogP contribution in [-0.2, 0) is 11.3 Å². The molecular weight excluding hydrogens is 456 g/mol. The van der Waals surface area contributed by atoms with E-state index in [0.717, 1.165) is 44.8 Å². The first-order chi connectivity index (χ1) is 17.5. The lowest BCUT2D eigenvalue weighted by Gasteiger charge is -2.23. The SMILES string of the molecule is C[C@@H](NC(=O)c1cc2c(=O)n3ccccc3nc2[n+](CCC[NH+]2CCOCC2)c1N)c1ccccc1. The van der Waals surface area contributed by atoms with Crippen LogP contribution >= 0.6 is 0 Å². The van der Waals surface area contributed by atoms with E-state index in [1.807, 2.05) is 47.9 Å². The average molecular weight is 489 g/mol. The number of carbonyl (C=O) groups excluding carboxylic acids is 1. The minimum Gasteiger partial charge on any atom is -0.370 e. The number of benzene rings is 1. The number of hydrogen-bond acceptors (Lipinski definition) is 5. The number of anilines is 1. The van der Waals surface area contributed by atoms with Gasteiger partial charge in [-0.15, -0.1) is 0 Å². The molecule has 0 aliphatic carbocycles. The van der Waals surface area contributed by atoms with Crippen molar-refractivity contribution in [2.45, 2.75) is 25.9 Å². The number of hydrogen-bond donors (Lipinski definition) is 3. The Morgan fingerprint density at radius 1 is 1.19 bits per heavy atom. The molecule has 1 atom stereocenters. The number of aromatic nitrogens is 3. The molecule has 1 aromatic carbocycles. The van der Waals surface area contributed by atoms with Crippen LogP contribution < -0.4 is 26.1 Å². The number of fused-ring (bicyclic) bond motifs is 2. The molecule has 1 saturated heterocycles. The van der Waals surface area contributed by atoms with Crippen LogP contribution in [-0.4, -0.2) is 48.1 Å². The summed E-state index contributed by atoms with van der Waals surface area (Å²) >= 11 is 0. The van der Waals surface area contributed by atoms with Crippen LogP contribution in [0, 0.1) is 0 Å². The fourth-order valence-electron chi connectivity index (χ4n) is 4.81. The van der Waals surface area contributed by atoms with Crippen LogP contribution in [0.5, 0.6) is 0 Å². The van der Waals surface area contributed by atoms with Gasteiger partial charge in [0.15, 0.2) is 0 Å². The summed E-state index contributed by atoms with van der Waals surface area (Å²) in [5, 5.41) is 3.40. The van der Waals surface area contributed by atoms with Gasteiger partial charge in [-0.1, -0.05) is 41.4 Å². The number of aryl methyl sites for hydroxylation is 1. The Balaban J connectivity index is 1.53. The summed E-state index contributed by atoms with van der Waals surface area (Å²) < 4.78 is 8.78. The Bertz CT molecular complexity index is 1450. The topological polar surface area (TPSA) is 107 Å². The lowest BCUT2D eigenvalue weighted by atomic mass is 10.1. The highest BCUT2D eigenvalue weighted by Crippen LogP contribution is 2.17. The van der Waals surface area contributed by atoms with Crippen molar-refractivity contribution in [3.63, 3.8) is 0 Å².